The Morgan fingerprint density at radius 1 is 1.38 bits per heavy atom. The molecule has 0 bridgehead atoms. The first-order valence-electron chi connectivity index (χ1n) is 7.79. The maximum absolute atomic E-state index is 10.0. The zero-order chi connectivity index (χ0) is 16.7. The lowest BCUT2D eigenvalue weighted by atomic mass is 10.1. The van der Waals surface area contributed by atoms with Gasteiger partial charge in [-0.15, -0.1) is 24.0 Å². The van der Waals surface area contributed by atoms with Crippen molar-refractivity contribution in [1.82, 2.24) is 15.8 Å². The second kappa shape index (κ2) is 10.3. The van der Waals surface area contributed by atoms with E-state index < -0.39 is 6.10 Å². The Morgan fingerprint density at radius 3 is 2.75 bits per heavy atom. The average Bonchev–Trinajstić information content (AvgIpc) is 3.20. The number of rotatable bonds is 7. The molecule has 0 aliphatic heterocycles. The number of aliphatic hydroxyl groups excluding tert-OH is 1. The van der Waals surface area contributed by atoms with Crippen LogP contribution in [-0.2, 0) is 6.54 Å². The molecule has 2 rings (SSSR count). The summed E-state index contributed by atoms with van der Waals surface area (Å²) in [6, 6.07) is 5.39. The van der Waals surface area contributed by atoms with E-state index in [0.717, 1.165) is 12.2 Å². The molecule has 2 aromatic rings. The Bertz CT molecular complexity index is 611. The molecule has 0 radical (unpaired) electrons. The normalized spacial score (nSPS) is 12.8. The Kier molecular flexibility index (Phi) is 8.83. The Morgan fingerprint density at radius 2 is 2.17 bits per heavy atom. The molecule has 0 aliphatic carbocycles. The third kappa shape index (κ3) is 6.16. The number of aliphatic imine (C=N–C) groups is 1. The third-order valence-electron chi connectivity index (χ3n) is 3.24. The van der Waals surface area contributed by atoms with Crippen molar-refractivity contribution in [2.24, 2.45) is 4.99 Å². The highest BCUT2D eigenvalue weighted by molar-refractivity contribution is 14.0. The number of hydrogen-bond donors (Lipinski definition) is 3. The standard InChI is InChI=1S/C16H24N4O3.HI/c1-4-17-16(19-10-14(21)15-6-5-7-22-15)18-9-12-8-13(11(2)3)20-23-12;/h5-8,11,14,21H,4,9-10H2,1-3H3,(H2,17,18,19);1H. The fraction of sp³-hybridized carbons (Fsp3) is 0.500. The first-order valence-corrected chi connectivity index (χ1v) is 7.79. The summed E-state index contributed by atoms with van der Waals surface area (Å²) in [6.07, 6.45) is 0.806. The van der Waals surface area contributed by atoms with E-state index in [1.165, 1.54) is 6.26 Å². The lowest BCUT2D eigenvalue weighted by Crippen LogP contribution is -2.39. The van der Waals surface area contributed by atoms with Gasteiger partial charge in [-0.05, 0) is 25.0 Å². The van der Waals surface area contributed by atoms with Gasteiger partial charge in [0.05, 0.1) is 18.5 Å². The molecule has 0 amide bonds. The number of aliphatic hydroxyl groups is 1. The molecule has 0 fully saturated rings. The van der Waals surface area contributed by atoms with Gasteiger partial charge in [0.15, 0.2) is 11.7 Å². The molecular weight excluding hydrogens is 423 g/mol. The molecule has 24 heavy (non-hydrogen) atoms. The maximum atomic E-state index is 10.0. The second-order valence-corrected chi connectivity index (χ2v) is 5.48. The molecule has 8 heteroatoms. The van der Waals surface area contributed by atoms with Gasteiger partial charge in [0.2, 0.25) is 0 Å². The molecule has 0 saturated heterocycles. The van der Waals surface area contributed by atoms with E-state index in [1.54, 1.807) is 12.1 Å². The van der Waals surface area contributed by atoms with Crippen molar-refractivity contribution in [3.63, 3.8) is 0 Å². The predicted octanol–water partition coefficient (Wildman–Crippen LogP) is 2.80. The van der Waals surface area contributed by atoms with Crippen LogP contribution in [0.1, 0.15) is 50.0 Å². The van der Waals surface area contributed by atoms with E-state index in [2.05, 4.69) is 34.6 Å². The van der Waals surface area contributed by atoms with Crippen molar-refractivity contribution >= 4 is 29.9 Å². The number of hydrogen-bond acceptors (Lipinski definition) is 5. The first-order chi connectivity index (χ1) is 11.1. The van der Waals surface area contributed by atoms with E-state index in [9.17, 15) is 5.11 Å². The molecule has 0 aromatic carbocycles. The van der Waals surface area contributed by atoms with Gasteiger partial charge in [0.25, 0.3) is 0 Å². The zero-order valence-electron chi connectivity index (χ0n) is 14.2. The van der Waals surface area contributed by atoms with Gasteiger partial charge in [0, 0.05) is 12.6 Å². The van der Waals surface area contributed by atoms with Crippen LogP contribution in [0, 0.1) is 0 Å². The fourth-order valence-electron chi connectivity index (χ4n) is 1.95. The molecule has 1 unspecified atom stereocenters. The molecule has 7 nitrogen and oxygen atoms in total. The zero-order valence-corrected chi connectivity index (χ0v) is 16.5. The Labute approximate surface area is 158 Å². The van der Waals surface area contributed by atoms with Crippen LogP contribution in [0.4, 0.5) is 0 Å². The Balaban J connectivity index is 0.00000288. The number of guanidine groups is 1. The van der Waals surface area contributed by atoms with Gasteiger partial charge in [-0.25, -0.2) is 4.99 Å². The molecule has 1 atom stereocenters. The minimum absolute atomic E-state index is 0. The molecule has 134 valence electrons. The largest absolute Gasteiger partial charge is 0.467 e. The van der Waals surface area contributed by atoms with Gasteiger partial charge in [-0.3, -0.25) is 0 Å². The van der Waals surface area contributed by atoms with Crippen LogP contribution in [0.5, 0.6) is 0 Å². The molecule has 3 N–H and O–H groups in total. The lowest BCUT2D eigenvalue weighted by Gasteiger charge is -2.13. The van der Waals surface area contributed by atoms with E-state index in [0.29, 0.717) is 36.5 Å². The van der Waals surface area contributed by atoms with Crippen molar-refractivity contribution in [3.05, 3.63) is 41.7 Å². The van der Waals surface area contributed by atoms with Crippen LogP contribution >= 0.6 is 24.0 Å². The van der Waals surface area contributed by atoms with Crippen molar-refractivity contribution in [3.8, 4) is 0 Å². The lowest BCUT2D eigenvalue weighted by molar-refractivity contribution is 0.153. The van der Waals surface area contributed by atoms with E-state index in [-0.39, 0.29) is 24.0 Å². The molecule has 0 spiro atoms. The summed E-state index contributed by atoms with van der Waals surface area (Å²) in [6.45, 7) is 7.50. The highest BCUT2D eigenvalue weighted by atomic mass is 127. The summed E-state index contributed by atoms with van der Waals surface area (Å²) >= 11 is 0. The summed E-state index contributed by atoms with van der Waals surface area (Å²) in [5, 5.41) is 20.2. The predicted molar refractivity (Wildman–Crippen MR) is 102 cm³/mol. The van der Waals surface area contributed by atoms with Crippen molar-refractivity contribution < 1.29 is 14.0 Å². The molecular formula is C16H25IN4O3. The maximum Gasteiger partial charge on any atom is 0.191 e. The minimum Gasteiger partial charge on any atom is -0.467 e. The quantitative estimate of drug-likeness (QED) is 0.343. The summed E-state index contributed by atoms with van der Waals surface area (Å²) in [5.41, 5.74) is 0.918. The highest BCUT2D eigenvalue weighted by Crippen LogP contribution is 2.14. The van der Waals surface area contributed by atoms with Gasteiger partial charge >= 0.3 is 0 Å². The van der Waals surface area contributed by atoms with Crippen LogP contribution in [0.25, 0.3) is 0 Å². The fourth-order valence-corrected chi connectivity index (χ4v) is 1.95. The van der Waals surface area contributed by atoms with Crippen molar-refractivity contribution in [2.75, 3.05) is 13.1 Å². The minimum atomic E-state index is -0.730. The van der Waals surface area contributed by atoms with Crippen LogP contribution < -0.4 is 10.6 Å². The molecule has 2 heterocycles. The number of nitrogens with one attached hydrogen (secondary N) is 2. The summed E-state index contributed by atoms with van der Waals surface area (Å²) in [5.74, 6) is 2.15. The second-order valence-electron chi connectivity index (χ2n) is 5.48. The van der Waals surface area contributed by atoms with Gasteiger partial charge in [-0.2, -0.15) is 0 Å². The average molecular weight is 448 g/mol. The molecule has 2 aromatic heterocycles. The van der Waals surface area contributed by atoms with Crippen LogP contribution in [0.2, 0.25) is 0 Å². The van der Waals surface area contributed by atoms with Crippen molar-refractivity contribution in [2.45, 2.75) is 39.3 Å². The molecule has 0 aliphatic rings. The summed E-state index contributed by atoms with van der Waals surface area (Å²) in [7, 11) is 0. The number of aromatic nitrogens is 1. The third-order valence-corrected chi connectivity index (χ3v) is 3.24. The van der Waals surface area contributed by atoms with Gasteiger partial charge in [-0.1, -0.05) is 19.0 Å². The van der Waals surface area contributed by atoms with Crippen LogP contribution in [-0.4, -0.2) is 29.3 Å². The monoisotopic (exact) mass is 448 g/mol. The Hall–Kier alpha value is -1.55. The SMILES string of the molecule is CCNC(=NCc1cc(C(C)C)no1)NCC(O)c1ccco1.I. The van der Waals surface area contributed by atoms with E-state index >= 15 is 0 Å². The number of furan rings is 1. The number of halogens is 1. The van der Waals surface area contributed by atoms with Gasteiger partial charge in [0.1, 0.15) is 18.4 Å². The number of nitrogens with zero attached hydrogens (tertiary/aromatic N) is 2. The summed E-state index contributed by atoms with van der Waals surface area (Å²) < 4.78 is 10.4. The van der Waals surface area contributed by atoms with Gasteiger partial charge < -0.3 is 24.7 Å². The van der Waals surface area contributed by atoms with Crippen LogP contribution in [0.3, 0.4) is 0 Å². The first kappa shape index (κ1) is 20.5. The highest BCUT2D eigenvalue weighted by Gasteiger charge is 2.11. The smallest absolute Gasteiger partial charge is 0.191 e. The van der Waals surface area contributed by atoms with Crippen molar-refractivity contribution in [1.29, 1.82) is 0 Å². The van der Waals surface area contributed by atoms with Crippen LogP contribution in [0.15, 0.2) is 38.4 Å². The van der Waals surface area contributed by atoms with E-state index in [4.69, 9.17) is 8.94 Å². The van der Waals surface area contributed by atoms with E-state index in [1.807, 2.05) is 13.0 Å². The topological polar surface area (TPSA) is 95.8 Å². The summed E-state index contributed by atoms with van der Waals surface area (Å²) in [4.78, 5) is 4.43. The molecule has 0 saturated carbocycles.